The van der Waals surface area contributed by atoms with Crippen LogP contribution in [0.1, 0.15) is 43.2 Å². The first-order valence-corrected chi connectivity index (χ1v) is 16.0. The lowest BCUT2D eigenvalue weighted by atomic mass is 9.90. The maximum atomic E-state index is 13.6. The first kappa shape index (κ1) is 29.6. The molecule has 0 N–H and O–H groups in total. The fourth-order valence-electron chi connectivity index (χ4n) is 5.62. The molecule has 5 nitrogen and oxygen atoms in total. The second kappa shape index (κ2) is 14.3. The lowest BCUT2D eigenvalue weighted by Crippen LogP contribution is -2.38. The molecule has 0 radical (unpaired) electrons. The Morgan fingerprint density at radius 1 is 1.02 bits per heavy atom. The summed E-state index contributed by atoms with van der Waals surface area (Å²) in [6, 6.07) is 24.3. The predicted molar refractivity (Wildman–Crippen MR) is 171 cm³/mol. The van der Waals surface area contributed by atoms with Gasteiger partial charge in [0.05, 0.1) is 28.7 Å². The molecule has 214 valence electrons. The third-order valence-corrected chi connectivity index (χ3v) is 9.59. The molecule has 0 atom stereocenters. The van der Waals surface area contributed by atoms with Gasteiger partial charge in [-0.25, -0.2) is 0 Å². The van der Waals surface area contributed by atoms with Gasteiger partial charge in [0.2, 0.25) is 0 Å². The average molecular weight is 634 g/mol. The van der Waals surface area contributed by atoms with E-state index in [1.165, 1.54) is 36.6 Å². The number of rotatable bonds is 11. The number of hydrogen-bond acceptors (Lipinski definition) is 5. The van der Waals surface area contributed by atoms with Crippen molar-refractivity contribution in [3.8, 4) is 5.75 Å². The highest BCUT2D eigenvalue weighted by atomic mass is 79.9. The van der Waals surface area contributed by atoms with Crippen molar-refractivity contribution in [1.82, 2.24) is 4.90 Å². The van der Waals surface area contributed by atoms with Gasteiger partial charge in [0.15, 0.2) is 5.78 Å². The topological polar surface area (TPSA) is 49.9 Å². The molecule has 0 unspecified atom stereocenters. The molecule has 0 saturated carbocycles. The third kappa shape index (κ3) is 7.91. The van der Waals surface area contributed by atoms with Crippen LogP contribution in [0.15, 0.2) is 87.1 Å². The number of ether oxygens (including phenoxy) is 1. The number of fused-ring (bicyclic) bond motifs is 1. The number of carbonyl (C=O) groups is 2. The minimum absolute atomic E-state index is 0.102. The molecule has 0 spiro atoms. The van der Waals surface area contributed by atoms with E-state index in [-0.39, 0.29) is 18.2 Å². The van der Waals surface area contributed by atoms with Gasteiger partial charge in [-0.05, 0) is 115 Å². The fourth-order valence-corrected chi connectivity index (χ4v) is 7.23. The van der Waals surface area contributed by atoms with Gasteiger partial charge < -0.3 is 9.64 Å². The lowest BCUT2D eigenvalue weighted by Gasteiger charge is -2.32. The Morgan fingerprint density at radius 2 is 1.78 bits per heavy atom. The Hall–Kier alpha value is -2.87. The molecule has 3 aromatic rings. The van der Waals surface area contributed by atoms with E-state index in [1.807, 2.05) is 48.5 Å². The summed E-state index contributed by atoms with van der Waals surface area (Å²) in [6.45, 7) is 3.42. The van der Waals surface area contributed by atoms with E-state index >= 15 is 0 Å². The Kier molecular flexibility index (Phi) is 10.4. The molecule has 1 fully saturated rings. The second-order valence-corrected chi connectivity index (χ2v) is 12.8. The number of ketones is 1. The summed E-state index contributed by atoms with van der Waals surface area (Å²) in [4.78, 5) is 32.4. The van der Waals surface area contributed by atoms with Crippen molar-refractivity contribution in [2.45, 2.75) is 43.4 Å². The van der Waals surface area contributed by atoms with Gasteiger partial charge in [0.1, 0.15) is 5.75 Å². The van der Waals surface area contributed by atoms with Crippen molar-refractivity contribution < 1.29 is 14.3 Å². The maximum absolute atomic E-state index is 13.6. The lowest BCUT2D eigenvalue weighted by molar-refractivity contribution is -0.121. The van der Waals surface area contributed by atoms with Crippen LogP contribution < -0.4 is 9.64 Å². The molecule has 41 heavy (non-hydrogen) atoms. The van der Waals surface area contributed by atoms with Gasteiger partial charge in [-0.1, -0.05) is 60.3 Å². The molecular formula is C34H37BrN2O3S. The number of benzene rings is 3. The summed E-state index contributed by atoms with van der Waals surface area (Å²) in [6.07, 6.45) is 7.89. The number of carbonyl (C=O) groups excluding carboxylic acids is 2. The number of halogens is 1. The maximum Gasteiger partial charge on any atom is 0.265 e. The van der Waals surface area contributed by atoms with Gasteiger partial charge in [-0.2, -0.15) is 0 Å². The van der Waals surface area contributed by atoms with E-state index in [1.54, 1.807) is 12.0 Å². The smallest absolute Gasteiger partial charge is 0.265 e. The third-order valence-electron chi connectivity index (χ3n) is 7.89. The number of thioether (sulfide) groups is 1. The van der Waals surface area contributed by atoms with Gasteiger partial charge in [0.25, 0.3) is 5.91 Å². The van der Waals surface area contributed by atoms with Crippen molar-refractivity contribution in [1.29, 1.82) is 0 Å². The number of amides is 1. The number of Topliss-reactive ketones (excluding diaryl/α,β-unsaturated/α-hetero) is 1. The van der Waals surface area contributed by atoms with Crippen LogP contribution in [-0.4, -0.2) is 49.9 Å². The van der Waals surface area contributed by atoms with Gasteiger partial charge >= 0.3 is 0 Å². The SMILES string of the molecule is COc1ccc(/C=C2/Sc3ccccc3N(CC(=O)CCCCN3CCC(Cc4ccccc4)CC3)C2=O)cc1Br. The van der Waals surface area contributed by atoms with Crippen LogP contribution in [0.2, 0.25) is 0 Å². The van der Waals surface area contributed by atoms with E-state index in [9.17, 15) is 9.59 Å². The van der Waals surface area contributed by atoms with Crippen LogP contribution in [0.5, 0.6) is 5.75 Å². The summed E-state index contributed by atoms with van der Waals surface area (Å²) in [5, 5.41) is 0. The van der Waals surface area contributed by atoms with E-state index in [0.29, 0.717) is 11.3 Å². The molecule has 1 saturated heterocycles. The monoisotopic (exact) mass is 632 g/mol. The first-order valence-electron chi connectivity index (χ1n) is 14.4. The van der Waals surface area contributed by atoms with Crippen LogP contribution in [0.25, 0.3) is 6.08 Å². The van der Waals surface area contributed by atoms with Crippen molar-refractivity contribution in [2.75, 3.05) is 38.2 Å². The van der Waals surface area contributed by atoms with Crippen LogP contribution in [0.3, 0.4) is 0 Å². The van der Waals surface area contributed by atoms with Crippen LogP contribution in [0.4, 0.5) is 5.69 Å². The molecule has 0 bridgehead atoms. The average Bonchev–Trinajstić information content (AvgIpc) is 2.99. The van der Waals surface area contributed by atoms with E-state index < -0.39 is 0 Å². The number of likely N-dealkylation sites (tertiary alicyclic amines) is 1. The molecule has 3 aromatic carbocycles. The zero-order chi connectivity index (χ0) is 28.6. The quantitative estimate of drug-likeness (QED) is 0.161. The molecule has 7 heteroatoms. The molecule has 5 rings (SSSR count). The van der Waals surface area contributed by atoms with Crippen molar-refractivity contribution >= 4 is 51.1 Å². The van der Waals surface area contributed by atoms with Gasteiger partial charge in [-0.3, -0.25) is 14.5 Å². The molecule has 0 aliphatic carbocycles. The Morgan fingerprint density at radius 3 is 2.54 bits per heavy atom. The standard InChI is InChI=1S/C34H37BrN2O3S/c1-40-31-15-14-27(22-29(31)35)23-33-34(39)37(30-12-5-6-13-32(30)41-33)24-28(38)11-7-8-18-36-19-16-26(17-20-36)21-25-9-3-2-4-10-25/h2-6,9-10,12-15,22-23,26H,7-8,11,16-21,24H2,1H3/b33-23+. The first-order chi connectivity index (χ1) is 20.0. The van der Waals surface area contributed by atoms with Crippen molar-refractivity contribution in [3.05, 3.63) is 93.3 Å². The molecular weight excluding hydrogens is 596 g/mol. The number of para-hydroxylation sites is 1. The second-order valence-electron chi connectivity index (χ2n) is 10.8. The molecule has 1 amide bonds. The number of nitrogens with zero attached hydrogens (tertiary/aromatic N) is 2. The van der Waals surface area contributed by atoms with Crippen LogP contribution >= 0.6 is 27.7 Å². The molecule has 2 aliphatic heterocycles. The van der Waals surface area contributed by atoms with Gasteiger partial charge in [0, 0.05) is 11.3 Å². The zero-order valence-electron chi connectivity index (χ0n) is 23.6. The Balaban J connectivity index is 1.12. The fraction of sp³-hybridized carbons (Fsp3) is 0.353. The number of piperidine rings is 1. The summed E-state index contributed by atoms with van der Waals surface area (Å²) >= 11 is 4.97. The van der Waals surface area contributed by atoms with Crippen LogP contribution in [0, 0.1) is 5.92 Å². The number of methoxy groups -OCH3 is 1. The van der Waals surface area contributed by atoms with Crippen molar-refractivity contribution in [3.63, 3.8) is 0 Å². The largest absolute Gasteiger partial charge is 0.496 e. The van der Waals surface area contributed by atoms with Crippen LogP contribution in [-0.2, 0) is 16.0 Å². The molecule has 2 aliphatic rings. The van der Waals surface area contributed by atoms with Gasteiger partial charge in [-0.15, -0.1) is 0 Å². The van der Waals surface area contributed by atoms with E-state index in [4.69, 9.17) is 4.74 Å². The zero-order valence-corrected chi connectivity index (χ0v) is 26.0. The summed E-state index contributed by atoms with van der Waals surface area (Å²) in [7, 11) is 1.63. The van der Waals surface area contributed by atoms with E-state index in [2.05, 4.69) is 51.2 Å². The molecule has 0 aromatic heterocycles. The number of anilines is 1. The predicted octanol–water partition coefficient (Wildman–Crippen LogP) is 7.63. The van der Waals surface area contributed by atoms with Crippen molar-refractivity contribution in [2.24, 2.45) is 5.92 Å². The summed E-state index contributed by atoms with van der Waals surface area (Å²) in [5.41, 5.74) is 3.14. The van der Waals surface area contributed by atoms with E-state index in [0.717, 1.165) is 64.8 Å². The highest BCUT2D eigenvalue weighted by molar-refractivity contribution is 9.10. The highest BCUT2D eigenvalue weighted by Gasteiger charge is 2.30. The Bertz CT molecular complexity index is 1390. The molecule has 2 heterocycles. The highest BCUT2D eigenvalue weighted by Crippen LogP contribution is 2.42. The number of unbranched alkanes of at least 4 members (excludes halogenated alkanes) is 1. The summed E-state index contributed by atoms with van der Waals surface area (Å²) in [5.74, 6) is 1.48. The Labute approximate surface area is 256 Å². The summed E-state index contributed by atoms with van der Waals surface area (Å²) < 4.78 is 6.15. The minimum Gasteiger partial charge on any atom is -0.496 e. The number of hydrogen-bond donors (Lipinski definition) is 0. The minimum atomic E-state index is -0.132. The normalized spacial score (nSPS) is 17.1.